The van der Waals surface area contributed by atoms with E-state index in [0.717, 1.165) is 11.8 Å². The summed E-state index contributed by atoms with van der Waals surface area (Å²) in [6, 6.07) is 0.521. The standard InChI is InChI=1S/C16H31NO/c1-11-6-7-13(10-12(11)2)18-14-8-9-16(3,4)15(14)17-5/h11-15,17H,6-10H2,1-5H3. The molecule has 18 heavy (non-hydrogen) atoms. The van der Waals surface area contributed by atoms with Gasteiger partial charge in [-0.2, -0.15) is 0 Å². The Kier molecular flexibility index (Phi) is 4.38. The first kappa shape index (κ1) is 14.3. The molecule has 2 fully saturated rings. The molecule has 5 unspecified atom stereocenters. The van der Waals surface area contributed by atoms with Crippen LogP contribution in [0.2, 0.25) is 0 Å². The summed E-state index contributed by atoms with van der Waals surface area (Å²) in [5, 5.41) is 3.49. The molecule has 2 aliphatic rings. The van der Waals surface area contributed by atoms with Gasteiger partial charge >= 0.3 is 0 Å². The van der Waals surface area contributed by atoms with Crippen LogP contribution in [0.15, 0.2) is 0 Å². The molecule has 0 bridgehead atoms. The lowest BCUT2D eigenvalue weighted by molar-refractivity contribution is -0.0587. The predicted octanol–water partition coefficient (Wildman–Crippen LogP) is 3.60. The average Bonchev–Trinajstić information content (AvgIpc) is 2.59. The summed E-state index contributed by atoms with van der Waals surface area (Å²) in [4.78, 5) is 0. The van der Waals surface area contributed by atoms with Gasteiger partial charge in [-0.15, -0.1) is 0 Å². The van der Waals surface area contributed by atoms with E-state index in [0.29, 0.717) is 23.7 Å². The minimum atomic E-state index is 0.382. The van der Waals surface area contributed by atoms with Gasteiger partial charge in [0.2, 0.25) is 0 Å². The Balaban J connectivity index is 1.90. The van der Waals surface area contributed by atoms with E-state index in [1.165, 1.54) is 32.1 Å². The molecule has 0 aromatic rings. The smallest absolute Gasteiger partial charge is 0.0737 e. The normalized spacial score (nSPS) is 44.2. The fraction of sp³-hybridized carbons (Fsp3) is 1.00. The highest BCUT2D eigenvalue weighted by atomic mass is 16.5. The first-order valence-electron chi connectivity index (χ1n) is 7.76. The number of nitrogens with one attached hydrogen (secondary N) is 1. The Hall–Kier alpha value is -0.0800. The van der Waals surface area contributed by atoms with E-state index in [4.69, 9.17) is 4.74 Å². The van der Waals surface area contributed by atoms with Gasteiger partial charge in [0.1, 0.15) is 0 Å². The molecule has 1 N–H and O–H groups in total. The third-order valence-corrected chi connectivity index (χ3v) is 5.52. The summed E-state index contributed by atoms with van der Waals surface area (Å²) < 4.78 is 6.45. The van der Waals surface area contributed by atoms with E-state index < -0.39 is 0 Å². The highest BCUT2D eigenvalue weighted by molar-refractivity contribution is 4.97. The van der Waals surface area contributed by atoms with Crippen molar-refractivity contribution in [3.05, 3.63) is 0 Å². The van der Waals surface area contributed by atoms with Crippen LogP contribution >= 0.6 is 0 Å². The van der Waals surface area contributed by atoms with Crippen molar-refractivity contribution < 1.29 is 4.74 Å². The highest BCUT2D eigenvalue weighted by Gasteiger charge is 2.43. The topological polar surface area (TPSA) is 21.3 Å². The van der Waals surface area contributed by atoms with Gasteiger partial charge in [0.15, 0.2) is 0 Å². The first-order valence-corrected chi connectivity index (χ1v) is 7.76. The van der Waals surface area contributed by atoms with Crippen molar-refractivity contribution in [2.45, 2.75) is 78.0 Å². The molecule has 0 radical (unpaired) electrons. The SMILES string of the molecule is CNC1C(OC2CCC(C)C(C)C2)CCC1(C)C. The second-order valence-electron chi connectivity index (χ2n) is 7.36. The monoisotopic (exact) mass is 253 g/mol. The Labute approximate surface area is 113 Å². The van der Waals surface area contributed by atoms with E-state index in [2.05, 4.69) is 40.1 Å². The van der Waals surface area contributed by atoms with Crippen LogP contribution in [0.4, 0.5) is 0 Å². The molecule has 0 heterocycles. The molecular weight excluding hydrogens is 222 g/mol. The number of ether oxygens (including phenoxy) is 1. The lowest BCUT2D eigenvalue weighted by Crippen LogP contribution is -2.45. The molecule has 2 heteroatoms. The zero-order valence-electron chi connectivity index (χ0n) is 12.8. The molecule has 0 aliphatic heterocycles. The van der Waals surface area contributed by atoms with E-state index in [1.807, 2.05) is 0 Å². The van der Waals surface area contributed by atoms with E-state index >= 15 is 0 Å². The summed E-state index contributed by atoms with van der Waals surface area (Å²) in [5.41, 5.74) is 0.382. The number of hydrogen-bond acceptors (Lipinski definition) is 2. The summed E-state index contributed by atoms with van der Waals surface area (Å²) in [6.07, 6.45) is 7.29. The van der Waals surface area contributed by atoms with E-state index in [1.54, 1.807) is 0 Å². The Morgan fingerprint density at radius 2 is 1.78 bits per heavy atom. The average molecular weight is 253 g/mol. The molecule has 0 saturated heterocycles. The molecule has 0 amide bonds. The largest absolute Gasteiger partial charge is 0.373 e. The van der Waals surface area contributed by atoms with Gasteiger partial charge in [0, 0.05) is 6.04 Å². The van der Waals surface area contributed by atoms with Gasteiger partial charge in [0.05, 0.1) is 12.2 Å². The molecule has 5 atom stereocenters. The molecule has 2 nitrogen and oxygen atoms in total. The Bertz CT molecular complexity index is 276. The quantitative estimate of drug-likeness (QED) is 0.829. The molecule has 0 spiro atoms. The van der Waals surface area contributed by atoms with E-state index in [-0.39, 0.29) is 0 Å². The molecule has 2 rings (SSSR count). The predicted molar refractivity (Wildman–Crippen MR) is 76.7 cm³/mol. The van der Waals surface area contributed by atoms with Crippen molar-refractivity contribution >= 4 is 0 Å². The van der Waals surface area contributed by atoms with Gasteiger partial charge in [0.25, 0.3) is 0 Å². The number of rotatable bonds is 3. The zero-order valence-corrected chi connectivity index (χ0v) is 12.8. The van der Waals surface area contributed by atoms with Crippen LogP contribution in [0.25, 0.3) is 0 Å². The maximum absolute atomic E-state index is 6.45. The summed E-state index contributed by atoms with van der Waals surface area (Å²) >= 11 is 0. The molecule has 0 aromatic heterocycles. The molecule has 2 aliphatic carbocycles. The van der Waals surface area contributed by atoms with Crippen molar-refractivity contribution in [3.8, 4) is 0 Å². The number of likely N-dealkylation sites (N-methyl/N-ethyl adjacent to an activating group) is 1. The molecule has 0 aromatic carbocycles. The maximum Gasteiger partial charge on any atom is 0.0737 e. The molecule has 2 saturated carbocycles. The fourth-order valence-electron chi connectivity index (χ4n) is 3.93. The zero-order chi connectivity index (χ0) is 13.3. The van der Waals surface area contributed by atoms with Crippen LogP contribution in [0.3, 0.4) is 0 Å². The van der Waals surface area contributed by atoms with Crippen LogP contribution < -0.4 is 5.32 Å². The van der Waals surface area contributed by atoms with Gasteiger partial charge in [-0.25, -0.2) is 0 Å². The Morgan fingerprint density at radius 3 is 2.39 bits per heavy atom. The van der Waals surface area contributed by atoms with Crippen LogP contribution in [-0.4, -0.2) is 25.3 Å². The van der Waals surface area contributed by atoms with Gasteiger partial charge in [-0.3, -0.25) is 0 Å². The first-order chi connectivity index (χ1) is 8.44. The second kappa shape index (κ2) is 5.50. The summed E-state index contributed by atoms with van der Waals surface area (Å²) in [6.45, 7) is 9.50. The third kappa shape index (κ3) is 2.91. The van der Waals surface area contributed by atoms with Crippen LogP contribution in [0.1, 0.15) is 59.8 Å². The van der Waals surface area contributed by atoms with Gasteiger partial charge in [-0.1, -0.05) is 27.7 Å². The summed E-state index contributed by atoms with van der Waals surface area (Å²) in [7, 11) is 2.08. The minimum absolute atomic E-state index is 0.382. The summed E-state index contributed by atoms with van der Waals surface area (Å²) in [5.74, 6) is 1.70. The highest BCUT2D eigenvalue weighted by Crippen LogP contribution is 2.41. The van der Waals surface area contributed by atoms with Crippen molar-refractivity contribution in [1.82, 2.24) is 5.32 Å². The van der Waals surface area contributed by atoms with Crippen molar-refractivity contribution in [2.75, 3.05) is 7.05 Å². The van der Waals surface area contributed by atoms with Crippen molar-refractivity contribution in [2.24, 2.45) is 17.3 Å². The van der Waals surface area contributed by atoms with Gasteiger partial charge < -0.3 is 10.1 Å². The number of hydrogen-bond donors (Lipinski definition) is 1. The van der Waals surface area contributed by atoms with Crippen LogP contribution in [0, 0.1) is 17.3 Å². The molecule has 106 valence electrons. The van der Waals surface area contributed by atoms with Crippen LogP contribution in [-0.2, 0) is 4.74 Å². The van der Waals surface area contributed by atoms with Gasteiger partial charge in [-0.05, 0) is 56.4 Å². The van der Waals surface area contributed by atoms with Crippen molar-refractivity contribution in [3.63, 3.8) is 0 Å². The van der Waals surface area contributed by atoms with Crippen LogP contribution in [0.5, 0.6) is 0 Å². The maximum atomic E-state index is 6.45. The fourth-order valence-corrected chi connectivity index (χ4v) is 3.93. The van der Waals surface area contributed by atoms with E-state index in [9.17, 15) is 0 Å². The Morgan fingerprint density at radius 1 is 1.06 bits per heavy atom. The van der Waals surface area contributed by atoms with Crippen molar-refractivity contribution in [1.29, 1.82) is 0 Å². The molecular formula is C16H31NO. The second-order valence-corrected chi connectivity index (χ2v) is 7.36. The lowest BCUT2D eigenvalue weighted by Gasteiger charge is -2.36. The third-order valence-electron chi connectivity index (χ3n) is 5.52. The lowest BCUT2D eigenvalue weighted by atomic mass is 9.80. The minimum Gasteiger partial charge on any atom is -0.373 e.